The molecular formula is C15H20N2. The zero-order valence-electron chi connectivity index (χ0n) is 11.1. The van der Waals surface area contributed by atoms with E-state index < -0.39 is 0 Å². The number of fused-ring (bicyclic) bond motifs is 3. The molecule has 0 fully saturated rings. The Morgan fingerprint density at radius 2 is 2.06 bits per heavy atom. The summed E-state index contributed by atoms with van der Waals surface area (Å²) in [5, 5.41) is 5.98. The number of rotatable bonds is 0. The van der Waals surface area contributed by atoms with Crippen molar-refractivity contribution >= 4 is 10.9 Å². The molecular weight excluding hydrogens is 208 g/mol. The Balaban J connectivity index is 2.37. The second-order valence-corrected chi connectivity index (χ2v) is 5.55. The van der Waals surface area contributed by atoms with Crippen molar-refractivity contribution in [3.05, 3.63) is 29.0 Å². The highest BCUT2D eigenvalue weighted by Crippen LogP contribution is 2.40. The van der Waals surface area contributed by atoms with E-state index in [4.69, 9.17) is 0 Å². The van der Waals surface area contributed by atoms with Gasteiger partial charge in [0.1, 0.15) is 0 Å². The molecule has 0 saturated carbocycles. The molecule has 90 valence electrons. The summed E-state index contributed by atoms with van der Waals surface area (Å²) in [6.07, 6.45) is 2.55. The first-order chi connectivity index (χ1) is 8.09. The summed E-state index contributed by atoms with van der Waals surface area (Å²) in [4.78, 5) is 0. The first-order valence-electron chi connectivity index (χ1n) is 6.54. The largest absolute Gasteiger partial charge is 0.268 e. The Bertz CT molecular complexity index is 580. The lowest BCUT2D eigenvalue weighted by Gasteiger charge is -2.29. The van der Waals surface area contributed by atoms with Crippen molar-refractivity contribution < 1.29 is 0 Å². The van der Waals surface area contributed by atoms with Crippen LogP contribution in [-0.4, -0.2) is 9.78 Å². The Morgan fingerprint density at radius 3 is 2.82 bits per heavy atom. The van der Waals surface area contributed by atoms with Crippen LogP contribution in [0.3, 0.4) is 0 Å². The van der Waals surface area contributed by atoms with Crippen molar-refractivity contribution in [2.75, 3.05) is 0 Å². The number of benzene rings is 1. The molecule has 17 heavy (non-hydrogen) atoms. The van der Waals surface area contributed by atoms with Crippen LogP contribution in [0.25, 0.3) is 10.9 Å². The minimum Gasteiger partial charge on any atom is -0.268 e. The van der Waals surface area contributed by atoms with Crippen LogP contribution < -0.4 is 0 Å². The molecule has 0 saturated heterocycles. The molecule has 1 aromatic carbocycles. The third-order valence-corrected chi connectivity index (χ3v) is 4.50. The molecule has 1 aliphatic carbocycles. The maximum Gasteiger partial charge on any atom is 0.0684 e. The molecule has 2 atom stereocenters. The average molecular weight is 228 g/mol. The van der Waals surface area contributed by atoms with Gasteiger partial charge in [0, 0.05) is 12.4 Å². The third kappa shape index (κ3) is 1.43. The average Bonchev–Trinajstić information content (AvgIpc) is 2.60. The number of hydrogen-bond donors (Lipinski definition) is 0. The molecule has 2 unspecified atom stereocenters. The molecule has 2 heteroatoms. The van der Waals surface area contributed by atoms with Gasteiger partial charge in [-0.25, -0.2) is 0 Å². The van der Waals surface area contributed by atoms with Crippen LogP contribution in [0.2, 0.25) is 0 Å². The summed E-state index contributed by atoms with van der Waals surface area (Å²) < 4.78 is 2.01. The zero-order chi connectivity index (χ0) is 12.2. The van der Waals surface area contributed by atoms with Gasteiger partial charge >= 0.3 is 0 Å². The van der Waals surface area contributed by atoms with Gasteiger partial charge in [0.2, 0.25) is 0 Å². The van der Waals surface area contributed by atoms with Crippen LogP contribution >= 0.6 is 0 Å². The van der Waals surface area contributed by atoms with E-state index >= 15 is 0 Å². The highest BCUT2D eigenvalue weighted by molar-refractivity contribution is 5.87. The maximum absolute atomic E-state index is 4.57. The van der Waals surface area contributed by atoms with E-state index in [-0.39, 0.29) is 0 Å². The summed E-state index contributed by atoms with van der Waals surface area (Å²) in [7, 11) is 2.04. The van der Waals surface area contributed by atoms with E-state index in [9.17, 15) is 0 Å². The van der Waals surface area contributed by atoms with E-state index in [0.29, 0.717) is 5.92 Å². The molecule has 2 nitrogen and oxygen atoms in total. The van der Waals surface area contributed by atoms with Gasteiger partial charge in [0.25, 0.3) is 0 Å². The predicted molar refractivity (Wildman–Crippen MR) is 71.4 cm³/mol. The lowest BCUT2D eigenvalue weighted by atomic mass is 9.75. The number of aromatic nitrogens is 2. The maximum atomic E-state index is 4.57. The van der Waals surface area contributed by atoms with Crippen molar-refractivity contribution in [2.45, 2.75) is 39.5 Å². The summed E-state index contributed by atoms with van der Waals surface area (Å²) in [6.45, 7) is 6.88. The van der Waals surface area contributed by atoms with Gasteiger partial charge in [0.05, 0.1) is 11.2 Å². The second kappa shape index (κ2) is 3.59. The molecule has 0 N–H and O–H groups in total. The molecule has 0 bridgehead atoms. The van der Waals surface area contributed by atoms with Crippen molar-refractivity contribution in [2.24, 2.45) is 13.0 Å². The number of nitrogens with zero attached hydrogens (tertiary/aromatic N) is 2. The Labute approximate surface area is 103 Å². The highest BCUT2D eigenvalue weighted by Gasteiger charge is 2.26. The molecule has 0 spiro atoms. The quantitative estimate of drug-likeness (QED) is 0.674. The fraction of sp³-hybridized carbons (Fsp3) is 0.533. The van der Waals surface area contributed by atoms with E-state index in [1.165, 1.54) is 29.4 Å². The van der Waals surface area contributed by atoms with Gasteiger partial charge in [-0.05, 0) is 48.8 Å². The summed E-state index contributed by atoms with van der Waals surface area (Å²) >= 11 is 0. The van der Waals surface area contributed by atoms with Crippen molar-refractivity contribution in [1.82, 2.24) is 9.78 Å². The van der Waals surface area contributed by atoms with Crippen molar-refractivity contribution in [3.8, 4) is 0 Å². The standard InChI is InChI=1S/C15H20N2/c1-9-5-6-12-7-8-13-15(14(12)10(9)2)11(3)16-17(13)4/h7-10H,5-6H2,1-4H3. The Morgan fingerprint density at radius 1 is 1.29 bits per heavy atom. The fourth-order valence-corrected chi connectivity index (χ4v) is 3.29. The molecule has 2 aromatic rings. The molecule has 0 aliphatic heterocycles. The number of hydrogen-bond acceptors (Lipinski definition) is 1. The smallest absolute Gasteiger partial charge is 0.0684 e. The van der Waals surface area contributed by atoms with Crippen LogP contribution in [0.15, 0.2) is 12.1 Å². The van der Waals surface area contributed by atoms with Gasteiger partial charge in [0.15, 0.2) is 0 Å². The first-order valence-corrected chi connectivity index (χ1v) is 6.54. The number of aryl methyl sites for hydroxylation is 3. The van der Waals surface area contributed by atoms with Crippen LogP contribution in [0.1, 0.15) is 43.0 Å². The molecule has 0 amide bonds. The van der Waals surface area contributed by atoms with Crippen LogP contribution in [0, 0.1) is 12.8 Å². The lowest BCUT2D eigenvalue weighted by molar-refractivity contribution is 0.428. The first kappa shape index (κ1) is 10.8. The predicted octanol–water partition coefficient (Wildman–Crippen LogP) is 3.57. The lowest BCUT2D eigenvalue weighted by Crippen LogP contribution is -2.16. The SMILES string of the molecule is Cc1nn(C)c2ccc3c(c12)C(C)C(C)CC3. The van der Waals surface area contributed by atoms with Crippen LogP contribution in [0.5, 0.6) is 0 Å². The minimum absolute atomic E-state index is 0.658. The molecule has 1 aliphatic rings. The third-order valence-electron chi connectivity index (χ3n) is 4.50. The Hall–Kier alpha value is -1.31. The minimum atomic E-state index is 0.658. The van der Waals surface area contributed by atoms with Crippen molar-refractivity contribution in [1.29, 1.82) is 0 Å². The molecule has 1 aromatic heterocycles. The van der Waals surface area contributed by atoms with Gasteiger partial charge in [-0.1, -0.05) is 19.9 Å². The fourth-order valence-electron chi connectivity index (χ4n) is 3.29. The van der Waals surface area contributed by atoms with E-state index in [0.717, 1.165) is 5.92 Å². The van der Waals surface area contributed by atoms with Gasteiger partial charge < -0.3 is 0 Å². The van der Waals surface area contributed by atoms with E-state index in [1.807, 2.05) is 11.7 Å². The van der Waals surface area contributed by atoms with Crippen molar-refractivity contribution in [3.63, 3.8) is 0 Å². The van der Waals surface area contributed by atoms with E-state index in [2.05, 4.69) is 38.0 Å². The second-order valence-electron chi connectivity index (χ2n) is 5.55. The monoisotopic (exact) mass is 228 g/mol. The van der Waals surface area contributed by atoms with Crippen LogP contribution in [-0.2, 0) is 13.5 Å². The zero-order valence-corrected chi connectivity index (χ0v) is 11.1. The van der Waals surface area contributed by atoms with Gasteiger partial charge in [-0.2, -0.15) is 5.10 Å². The molecule has 1 heterocycles. The van der Waals surface area contributed by atoms with Crippen LogP contribution in [0.4, 0.5) is 0 Å². The van der Waals surface area contributed by atoms with Gasteiger partial charge in [-0.15, -0.1) is 0 Å². The highest BCUT2D eigenvalue weighted by atomic mass is 15.3. The summed E-state index contributed by atoms with van der Waals surface area (Å²) in [6, 6.07) is 4.54. The molecule has 3 rings (SSSR count). The van der Waals surface area contributed by atoms with Gasteiger partial charge in [-0.3, -0.25) is 4.68 Å². The Kier molecular flexibility index (Phi) is 2.29. The summed E-state index contributed by atoms with van der Waals surface area (Å²) in [5.41, 5.74) is 5.56. The van der Waals surface area contributed by atoms with E-state index in [1.54, 1.807) is 11.1 Å². The molecule has 0 radical (unpaired) electrons. The summed E-state index contributed by atoms with van der Waals surface area (Å²) in [5.74, 6) is 1.44. The topological polar surface area (TPSA) is 17.8 Å². The normalized spacial score (nSPS) is 24.0.